The van der Waals surface area contributed by atoms with Crippen LogP contribution in [0.1, 0.15) is 12.5 Å². The molecule has 1 aliphatic heterocycles. The maximum atomic E-state index is 12.8. The first-order valence-electron chi connectivity index (χ1n) is 8.17. The molecule has 140 valence electrons. The van der Waals surface area contributed by atoms with Crippen LogP contribution in [-0.4, -0.2) is 36.4 Å². The number of amides is 4. The Morgan fingerprint density at radius 1 is 1.22 bits per heavy atom. The summed E-state index contributed by atoms with van der Waals surface area (Å²) in [7, 11) is 1.52. The smallest absolute Gasteiger partial charge is 0.325 e. The number of carbonyl (C=O) groups is 3. The lowest BCUT2D eigenvalue weighted by Gasteiger charge is -2.22. The summed E-state index contributed by atoms with van der Waals surface area (Å²) in [6.07, 6.45) is 0. The number of anilines is 1. The lowest BCUT2D eigenvalue weighted by molar-refractivity contribution is -0.133. The van der Waals surface area contributed by atoms with Gasteiger partial charge >= 0.3 is 6.03 Å². The number of hydrogen-bond acceptors (Lipinski definition) is 4. The molecule has 8 heteroatoms. The van der Waals surface area contributed by atoms with E-state index in [-0.39, 0.29) is 0 Å². The van der Waals surface area contributed by atoms with Gasteiger partial charge in [0.25, 0.3) is 5.91 Å². The number of imide groups is 1. The molecule has 4 amide bonds. The first-order chi connectivity index (χ1) is 12.8. The molecule has 1 saturated heterocycles. The second-order valence-corrected chi connectivity index (χ2v) is 6.67. The van der Waals surface area contributed by atoms with Crippen LogP contribution in [0.4, 0.5) is 10.5 Å². The van der Waals surface area contributed by atoms with Crippen molar-refractivity contribution in [1.82, 2.24) is 10.2 Å². The van der Waals surface area contributed by atoms with Gasteiger partial charge in [0.1, 0.15) is 17.8 Å². The molecule has 3 rings (SSSR count). The summed E-state index contributed by atoms with van der Waals surface area (Å²) in [6, 6.07) is 12.8. The van der Waals surface area contributed by atoms with Gasteiger partial charge < -0.3 is 15.4 Å². The molecular formula is C19H18ClN3O4. The molecule has 1 atom stereocenters. The summed E-state index contributed by atoms with van der Waals surface area (Å²) in [6.45, 7) is 1.20. The number of benzene rings is 2. The molecular weight excluding hydrogens is 370 g/mol. The molecule has 0 radical (unpaired) electrons. The highest BCUT2D eigenvalue weighted by Gasteiger charge is 2.49. The lowest BCUT2D eigenvalue weighted by Crippen LogP contribution is -2.42. The predicted molar refractivity (Wildman–Crippen MR) is 101 cm³/mol. The van der Waals surface area contributed by atoms with Gasteiger partial charge in [-0.3, -0.25) is 14.5 Å². The van der Waals surface area contributed by atoms with Gasteiger partial charge in [0.2, 0.25) is 5.91 Å². The van der Waals surface area contributed by atoms with Crippen molar-refractivity contribution in [2.75, 3.05) is 19.0 Å². The summed E-state index contributed by atoms with van der Waals surface area (Å²) in [5.74, 6) is -0.416. The molecule has 0 spiro atoms. The topological polar surface area (TPSA) is 87.7 Å². The van der Waals surface area contributed by atoms with Crippen molar-refractivity contribution in [2.24, 2.45) is 0 Å². The molecule has 1 heterocycles. The standard InChI is InChI=1S/C19H18ClN3O4/c1-19(12-6-8-13(20)9-7-12)17(25)23(18(26)22-19)11-16(24)21-14-4-3-5-15(10-14)27-2/h3-10H,11H2,1-2H3,(H,21,24)(H,22,26). The Hall–Kier alpha value is -3.06. The van der Waals surface area contributed by atoms with Gasteiger partial charge in [-0.2, -0.15) is 0 Å². The van der Waals surface area contributed by atoms with E-state index in [0.717, 1.165) is 4.90 Å². The quantitative estimate of drug-likeness (QED) is 0.772. The zero-order valence-electron chi connectivity index (χ0n) is 14.8. The maximum Gasteiger partial charge on any atom is 0.325 e. The molecule has 2 N–H and O–H groups in total. The summed E-state index contributed by atoms with van der Waals surface area (Å²) in [4.78, 5) is 38.3. The molecule has 1 unspecified atom stereocenters. The number of methoxy groups -OCH3 is 1. The van der Waals surface area contributed by atoms with E-state index in [1.165, 1.54) is 7.11 Å². The highest BCUT2D eigenvalue weighted by molar-refractivity contribution is 6.30. The Labute approximate surface area is 161 Å². The summed E-state index contributed by atoms with van der Waals surface area (Å²) < 4.78 is 5.10. The SMILES string of the molecule is COc1cccc(NC(=O)CN2C(=O)NC(C)(c3ccc(Cl)cc3)C2=O)c1. The molecule has 7 nitrogen and oxygen atoms in total. The normalized spacial score (nSPS) is 19.0. The number of nitrogens with one attached hydrogen (secondary N) is 2. The fourth-order valence-electron chi connectivity index (χ4n) is 2.86. The highest BCUT2D eigenvalue weighted by atomic mass is 35.5. The Kier molecular flexibility index (Phi) is 5.05. The van der Waals surface area contributed by atoms with Gasteiger partial charge in [0.15, 0.2) is 0 Å². The molecule has 0 saturated carbocycles. The van der Waals surface area contributed by atoms with Crippen LogP contribution in [0.2, 0.25) is 5.02 Å². The van der Waals surface area contributed by atoms with Crippen molar-refractivity contribution in [1.29, 1.82) is 0 Å². The van der Waals surface area contributed by atoms with E-state index in [2.05, 4.69) is 10.6 Å². The minimum Gasteiger partial charge on any atom is -0.497 e. The molecule has 0 aromatic heterocycles. The number of ether oxygens (including phenoxy) is 1. The molecule has 0 bridgehead atoms. The molecule has 2 aromatic carbocycles. The minimum atomic E-state index is -1.25. The van der Waals surface area contributed by atoms with Crippen molar-refractivity contribution < 1.29 is 19.1 Å². The van der Waals surface area contributed by atoms with E-state index < -0.39 is 29.9 Å². The van der Waals surface area contributed by atoms with Gasteiger partial charge in [-0.25, -0.2) is 4.79 Å². The number of urea groups is 1. The molecule has 27 heavy (non-hydrogen) atoms. The molecule has 0 aliphatic carbocycles. The van der Waals surface area contributed by atoms with Crippen molar-refractivity contribution in [3.05, 3.63) is 59.1 Å². The Balaban J connectivity index is 1.73. The van der Waals surface area contributed by atoms with Crippen molar-refractivity contribution in [3.8, 4) is 5.75 Å². The van der Waals surface area contributed by atoms with Gasteiger partial charge in [0.05, 0.1) is 7.11 Å². The first kappa shape index (κ1) is 18.7. The Morgan fingerprint density at radius 2 is 1.93 bits per heavy atom. The van der Waals surface area contributed by atoms with E-state index in [1.807, 2.05) is 0 Å². The van der Waals surface area contributed by atoms with Gasteiger partial charge in [-0.05, 0) is 36.8 Å². The average Bonchev–Trinajstić information content (AvgIpc) is 2.86. The van der Waals surface area contributed by atoms with Gasteiger partial charge in [0, 0.05) is 16.8 Å². The molecule has 1 fully saturated rings. The van der Waals surface area contributed by atoms with E-state index in [1.54, 1.807) is 55.5 Å². The minimum absolute atomic E-state index is 0.398. The number of nitrogens with zero attached hydrogens (tertiary/aromatic N) is 1. The zero-order chi connectivity index (χ0) is 19.6. The van der Waals surface area contributed by atoms with Crippen LogP contribution in [0.25, 0.3) is 0 Å². The third-order valence-corrected chi connectivity index (χ3v) is 4.60. The summed E-state index contributed by atoms with van der Waals surface area (Å²) >= 11 is 5.88. The largest absolute Gasteiger partial charge is 0.497 e. The van der Waals surface area contributed by atoms with Crippen molar-refractivity contribution in [3.63, 3.8) is 0 Å². The van der Waals surface area contributed by atoms with E-state index in [4.69, 9.17) is 16.3 Å². The van der Waals surface area contributed by atoms with Crippen LogP contribution < -0.4 is 15.4 Å². The number of hydrogen-bond donors (Lipinski definition) is 2. The monoisotopic (exact) mass is 387 g/mol. The second-order valence-electron chi connectivity index (χ2n) is 6.23. The van der Waals surface area contributed by atoms with Gasteiger partial charge in [-0.15, -0.1) is 0 Å². The van der Waals surface area contributed by atoms with E-state index in [9.17, 15) is 14.4 Å². The van der Waals surface area contributed by atoms with Crippen LogP contribution in [-0.2, 0) is 15.1 Å². The zero-order valence-corrected chi connectivity index (χ0v) is 15.5. The molecule has 2 aromatic rings. The van der Waals surface area contributed by atoms with E-state index >= 15 is 0 Å². The summed E-state index contributed by atoms with van der Waals surface area (Å²) in [5, 5.41) is 5.82. The third-order valence-electron chi connectivity index (χ3n) is 4.35. The fourth-order valence-corrected chi connectivity index (χ4v) is 2.99. The van der Waals surface area contributed by atoms with Crippen LogP contribution >= 0.6 is 11.6 Å². The van der Waals surface area contributed by atoms with Crippen molar-refractivity contribution in [2.45, 2.75) is 12.5 Å². The number of rotatable bonds is 5. The number of halogens is 1. The average molecular weight is 388 g/mol. The summed E-state index contributed by atoms with van der Waals surface area (Å²) in [5.41, 5.74) is -0.161. The number of carbonyl (C=O) groups excluding carboxylic acids is 3. The van der Waals surface area contributed by atoms with Crippen LogP contribution in [0.3, 0.4) is 0 Å². The second kappa shape index (κ2) is 7.28. The van der Waals surface area contributed by atoms with Crippen molar-refractivity contribution >= 4 is 35.1 Å². The molecule has 1 aliphatic rings. The highest BCUT2D eigenvalue weighted by Crippen LogP contribution is 2.29. The van der Waals surface area contributed by atoms with E-state index in [0.29, 0.717) is 22.0 Å². The van der Waals surface area contributed by atoms with Gasteiger partial charge in [-0.1, -0.05) is 29.8 Å². The first-order valence-corrected chi connectivity index (χ1v) is 8.55. The van der Waals surface area contributed by atoms with Crippen LogP contribution in [0, 0.1) is 0 Å². The Morgan fingerprint density at radius 3 is 2.59 bits per heavy atom. The van der Waals surface area contributed by atoms with Crippen LogP contribution in [0.15, 0.2) is 48.5 Å². The predicted octanol–water partition coefficient (Wildman–Crippen LogP) is 2.75. The Bertz CT molecular complexity index is 900. The lowest BCUT2D eigenvalue weighted by atomic mass is 9.92. The van der Waals surface area contributed by atoms with Crippen LogP contribution in [0.5, 0.6) is 5.75 Å². The maximum absolute atomic E-state index is 12.8. The third kappa shape index (κ3) is 3.73. The fraction of sp³-hybridized carbons (Fsp3) is 0.211.